The second-order valence-corrected chi connectivity index (χ2v) is 11.0. The van der Waals surface area contributed by atoms with Crippen molar-refractivity contribution in [3.05, 3.63) is 53.7 Å². The lowest BCUT2D eigenvalue weighted by Gasteiger charge is -2.34. The molecule has 0 atom stereocenters. The topological polar surface area (TPSA) is 129 Å². The van der Waals surface area contributed by atoms with Crippen molar-refractivity contribution < 1.29 is 23.8 Å². The maximum Gasteiger partial charge on any atom is 0.406 e. The molecule has 42 heavy (non-hydrogen) atoms. The summed E-state index contributed by atoms with van der Waals surface area (Å²) < 4.78 is 14.6. The Morgan fingerprint density at radius 2 is 1.76 bits per heavy atom. The number of ether oxygens (including phenoxy) is 3. The van der Waals surface area contributed by atoms with E-state index in [4.69, 9.17) is 20.2 Å². The molecular formula is C32H47N5O5. The van der Waals surface area contributed by atoms with Crippen LogP contribution in [0.2, 0.25) is 0 Å². The van der Waals surface area contributed by atoms with Gasteiger partial charge in [0.05, 0.1) is 32.7 Å². The number of pyridine rings is 2. The van der Waals surface area contributed by atoms with E-state index in [0.717, 1.165) is 74.1 Å². The van der Waals surface area contributed by atoms with Crippen LogP contribution in [-0.4, -0.2) is 56.9 Å². The average Bonchev–Trinajstić information content (AvgIpc) is 3.04. The zero-order chi connectivity index (χ0) is 30.5. The standard InChI is InChI=1S/C29H40N4O3.C3H7NO2/c1-20-27(36-3)14-13-26(32-20)22-11-9-21(10-12-22)18-33(29(34)23-7-5-4-6-8-23)28-17-24(15-16-31-28)25(30)19-35-2;1-4-3(5)6-2/h13-17,19,21-23H,4-12,18,30H2,1-3H3;1-2H3,(H,4,5)/b25-19-;. The lowest BCUT2D eigenvalue weighted by molar-refractivity contribution is -0.123. The molecule has 2 fully saturated rings. The number of methoxy groups -OCH3 is 3. The third-order valence-electron chi connectivity index (χ3n) is 8.19. The van der Waals surface area contributed by atoms with E-state index in [1.54, 1.807) is 20.4 Å². The molecule has 2 aliphatic rings. The monoisotopic (exact) mass is 581 g/mol. The van der Waals surface area contributed by atoms with Crippen LogP contribution in [0.3, 0.4) is 0 Å². The van der Waals surface area contributed by atoms with Gasteiger partial charge in [0.1, 0.15) is 17.8 Å². The number of carbonyl (C=O) groups is 2. The number of amides is 2. The van der Waals surface area contributed by atoms with E-state index in [9.17, 15) is 9.59 Å². The lowest BCUT2D eigenvalue weighted by Crippen LogP contribution is -2.41. The van der Waals surface area contributed by atoms with Gasteiger partial charge in [-0.3, -0.25) is 14.7 Å². The van der Waals surface area contributed by atoms with E-state index >= 15 is 0 Å². The average molecular weight is 582 g/mol. The molecule has 230 valence electrons. The maximum absolute atomic E-state index is 13.8. The fourth-order valence-corrected chi connectivity index (χ4v) is 5.82. The van der Waals surface area contributed by atoms with Crippen LogP contribution < -0.4 is 20.7 Å². The molecule has 4 rings (SSSR count). The predicted molar refractivity (Wildman–Crippen MR) is 164 cm³/mol. The van der Waals surface area contributed by atoms with Crippen molar-refractivity contribution in [3.63, 3.8) is 0 Å². The summed E-state index contributed by atoms with van der Waals surface area (Å²) in [7, 11) is 6.08. The SMILES string of the molecule is CNC(=O)OC.CO/C=C(\N)c1ccnc(N(CC2CCC(c3ccc(OC)c(C)n3)CC2)C(=O)C2CCCCC2)c1. The second-order valence-electron chi connectivity index (χ2n) is 11.0. The molecule has 0 aromatic carbocycles. The Balaban J connectivity index is 0.000000730. The third kappa shape index (κ3) is 9.09. The van der Waals surface area contributed by atoms with Gasteiger partial charge in [0.2, 0.25) is 5.91 Å². The van der Waals surface area contributed by atoms with Gasteiger partial charge >= 0.3 is 6.09 Å². The number of carbonyl (C=O) groups excluding carboxylic acids is 2. The minimum atomic E-state index is -0.407. The highest BCUT2D eigenvalue weighted by atomic mass is 16.5. The minimum absolute atomic E-state index is 0.0823. The van der Waals surface area contributed by atoms with Gasteiger partial charge in [-0.1, -0.05) is 19.3 Å². The molecule has 2 aromatic heterocycles. The first kappa shape index (κ1) is 32.7. The van der Waals surface area contributed by atoms with Crippen LogP contribution in [0.1, 0.15) is 80.7 Å². The highest BCUT2D eigenvalue weighted by Crippen LogP contribution is 2.37. The van der Waals surface area contributed by atoms with Crippen molar-refractivity contribution in [2.45, 2.75) is 70.6 Å². The van der Waals surface area contributed by atoms with Gasteiger partial charge in [-0.15, -0.1) is 0 Å². The molecule has 10 heteroatoms. The molecule has 0 aliphatic heterocycles. The number of aryl methyl sites for hydroxylation is 1. The number of hydrogen-bond acceptors (Lipinski definition) is 8. The molecule has 2 aromatic rings. The molecule has 0 unspecified atom stereocenters. The van der Waals surface area contributed by atoms with Gasteiger partial charge in [0.15, 0.2) is 0 Å². The second kappa shape index (κ2) is 16.6. The van der Waals surface area contributed by atoms with Crippen LogP contribution in [0.15, 0.2) is 36.7 Å². The molecule has 0 bridgehead atoms. The van der Waals surface area contributed by atoms with Gasteiger partial charge in [0.25, 0.3) is 0 Å². The van der Waals surface area contributed by atoms with Crippen LogP contribution in [0.25, 0.3) is 5.70 Å². The van der Waals surface area contributed by atoms with Crippen molar-refractivity contribution in [2.24, 2.45) is 17.6 Å². The smallest absolute Gasteiger partial charge is 0.406 e. The Morgan fingerprint density at radius 1 is 1.05 bits per heavy atom. The number of rotatable bonds is 8. The van der Waals surface area contributed by atoms with Crippen LogP contribution in [-0.2, 0) is 14.3 Å². The van der Waals surface area contributed by atoms with Crippen LogP contribution >= 0.6 is 0 Å². The highest BCUT2D eigenvalue weighted by molar-refractivity contribution is 5.94. The Bertz CT molecular complexity index is 1180. The largest absolute Gasteiger partial charge is 0.502 e. The predicted octanol–water partition coefficient (Wildman–Crippen LogP) is 5.56. The van der Waals surface area contributed by atoms with Gasteiger partial charge < -0.3 is 25.3 Å². The number of hydrogen-bond donors (Lipinski definition) is 2. The number of alkyl carbamates (subject to hydrolysis) is 1. The zero-order valence-corrected chi connectivity index (χ0v) is 25.7. The van der Waals surface area contributed by atoms with Crippen LogP contribution in [0.5, 0.6) is 5.75 Å². The van der Waals surface area contributed by atoms with Crippen molar-refractivity contribution in [1.29, 1.82) is 0 Å². The summed E-state index contributed by atoms with van der Waals surface area (Å²) in [6.45, 7) is 2.69. The first-order valence-electron chi connectivity index (χ1n) is 14.8. The summed E-state index contributed by atoms with van der Waals surface area (Å²) in [4.78, 5) is 35.0. The summed E-state index contributed by atoms with van der Waals surface area (Å²) in [6.07, 6.45) is 12.5. The van der Waals surface area contributed by atoms with Crippen LogP contribution in [0.4, 0.5) is 10.6 Å². The van der Waals surface area contributed by atoms with E-state index in [0.29, 0.717) is 29.9 Å². The molecule has 2 heterocycles. The van der Waals surface area contributed by atoms with Gasteiger partial charge in [-0.25, -0.2) is 9.78 Å². The molecular weight excluding hydrogens is 534 g/mol. The summed E-state index contributed by atoms with van der Waals surface area (Å²) in [5.74, 6) is 2.70. The van der Waals surface area contributed by atoms with Crippen molar-refractivity contribution in [3.8, 4) is 5.75 Å². The Labute approximate surface area is 250 Å². The van der Waals surface area contributed by atoms with Gasteiger partial charge in [-0.05, 0) is 75.6 Å². The molecule has 0 radical (unpaired) electrons. The van der Waals surface area contributed by atoms with Gasteiger partial charge in [0, 0.05) is 42.9 Å². The lowest BCUT2D eigenvalue weighted by atomic mass is 9.79. The molecule has 10 nitrogen and oxygen atoms in total. The van der Waals surface area contributed by atoms with E-state index in [2.05, 4.69) is 21.1 Å². The number of nitrogens with zero attached hydrogens (tertiary/aromatic N) is 3. The molecule has 0 saturated heterocycles. The Hall–Kier alpha value is -3.82. The number of aromatic nitrogens is 2. The van der Waals surface area contributed by atoms with E-state index in [1.807, 2.05) is 30.0 Å². The van der Waals surface area contributed by atoms with E-state index in [-0.39, 0.29) is 11.8 Å². The first-order valence-corrected chi connectivity index (χ1v) is 14.8. The fourth-order valence-electron chi connectivity index (χ4n) is 5.82. The molecule has 3 N–H and O–H groups in total. The van der Waals surface area contributed by atoms with Crippen molar-refractivity contribution in [2.75, 3.05) is 39.8 Å². The first-order chi connectivity index (χ1) is 20.3. The number of anilines is 1. The maximum atomic E-state index is 13.8. The Kier molecular flexibility index (Phi) is 12.9. The van der Waals surface area contributed by atoms with E-state index < -0.39 is 6.09 Å². The normalized spacial score (nSPS) is 19.1. The molecule has 2 aliphatic carbocycles. The number of nitrogens with two attached hydrogens (primary N) is 1. The van der Waals surface area contributed by atoms with Crippen molar-refractivity contribution >= 4 is 23.5 Å². The molecule has 2 amide bonds. The van der Waals surface area contributed by atoms with Crippen LogP contribution in [0, 0.1) is 18.8 Å². The third-order valence-corrected chi connectivity index (χ3v) is 8.19. The summed E-state index contributed by atoms with van der Waals surface area (Å²) in [5, 5.41) is 2.25. The molecule has 2 saturated carbocycles. The van der Waals surface area contributed by atoms with E-state index in [1.165, 1.54) is 26.8 Å². The van der Waals surface area contributed by atoms with Crippen molar-refractivity contribution in [1.82, 2.24) is 15.3 Å². The number of nitrogens with one attached hydrogen (secondary N) is 1. The summed E-state index contributed by atoms with van der Waals surface area (Å²) >= 11 is 0. The summed E-state index contributed by atoms with van der Waals surface area (Å²) in [5.41, 5.74) is 9.59. The minimum Gasteiger partial charge on any atom is -0.502 e. The Morgan fingerprint density at radius 3 is 2.33 bits per heavy atom. The highest BCUT2D eigenvalue weighted by Gasteiger charge is 2.31. The molecule has 0 spiro atoms. The zero-order valence-electron chi connectivity index (χ0n) is 25.7. The fraction of sp³-hybridized carbons (Fsp3) is 0.562. The summed E-state index contributed by atoms with van der Waals surface area (Å²) in [6, 6.07) is 7.90. The van der Waals surface area contributed by atoms with Gasteiger partial charge in [-0.2, -0.15) is 0 Å². The quantitative estimate of drug-likeness (QED) is 0.388.